The van der Waals surface area contributed by atoms with Crippen LogP contribution in [0.4, 0.5) is 92.2 Å². The fraction of sp³-hybridized carbons (Fsp3) is 0.741. The number of benzene rings is 4. The van der Waals surface area contributed by atoms with Gasteiger partial charge in [0, 0.05) is 34.4 Å². The Morgan fingerprint density at radius 1 is 0.388 bits per heavy atom. The maximum Gasteiger partial charge on any atom is 0.426 e. The molecular weight excluding hydrogens is 1970 g/mol. The van der Waals surface area contributed by atoms with Crippen LogP contribution in [0.25, 0.3) is 11.0 Å². The van der Waals surface area contributed by atoms with Crippen LogP contribution < -0.4 is 19.6 Å². The predicted octanol–water partition coefficient (Wildman–Crippen LogP) is 30.1. The van der Waals surface area contributed by atoms with Crippen molar-refractivity contribution in [3.05, 3.63) is 136 Å². The van der Waals surface area contributed by atoms with Crippen LogP contribution in [-0.2, 0) is 9.59 Å². The predicted molar refractivity (Wildman–Crippen MR) is 520 cm³/mol. The number of esters is 2. The van der Waals surface area contributed by atoms with Gasteiger partial charge < -0.3 is 54.4 Å². The van der Waals surface area contributed by atoms with Crippen LogP contribution in [0.3, 0.4) is 0 Å². The maximum atomic E-state index is 13.0. The van der Waals surface area contributed by atoms with Crippen LogP contribution >= 0.6 is 0 Å². The van der Waals surface area contributed by atoms with Gasteiger partial charge in [-0.3, -0.25) is 14.4 Å². The molecule has 17 rings (SSSR count). The van der Waals surface area contributed by atoms with E-state index in [4.69, 9.17) is 18.6 Å². The van der Waals surface area contributed by atoms with Gasteiger partial charge in [0.1, 0.15) is 22.8 Å². The molecule has 0 saturated heterocycles. The van der Waals surface area contributed by atoms with Crippen molar-refractivity contribution in [3.8, 4) is 17.2 Å². The fourth-order valence-corrected chi connectivity index (χ4v) is 24.8. The Balaban J connectivity index is 0.000000200. The molecule has 9 aliphatic carbocycles. The van der Waals surface area contributed by atoms with Crippen molar-refractivity contribution >= 4 is 22.9 Å². The summed E-state index contributed by atoms with van der Waals surface area (Å²) in [5.74, 6) is 0.824. The molecular formula is C112H157F21O14. The van der Waals surface area contributed by atoms with Gasteiger partial charge in [-0.15, -0.1) is 0 Å². The van der Waals surface area contributed by atoms with Crippen LogP contribution in [0.5, 0.6) is 17.2 Å². The van der Waals surface area contributed by atoms with Gasteiger partial charge in [0.15, 0.2) is 33.4 Å². The van der Waals surface area contributed by atoms with Gasteiger partial charge in [0.25, 0.3) is 5.60 Å². The van der Waals surface area contributed by atoms with Gasteiger partial charge in [0.2, 0.25) is 0 Å². The number of rotatable bonds is 10. The number of para-hydroxylation sites is 3. The van der Waals surface area contributed by atoms with E-state index in [1.807, 2.05) is 99.6 Å². The first-order valence-electron chi connectivity index (χ1n) is 52.2. The summed E-state index contributed by atoms with van der Waals surface area (Å²) < 4.78 is 290. The van der Waals surface area contributed by atoms with E-state index in [2.05, 4.69) is 32.9 Å². The lowest BCUT2D eigenvalue weighted by molar-refractivity contribution is -0.389. The highest BCUT2D eigenvalue weighted by Gasteiger charge is 2.74. The van der Waals surface area contributed by atoms with Gasteiger partial charge in [-0.1, -0.05) is 206 Å². The Morgan fingerprint density at radius 2 is 0.884 bits per heavy atom. The maximum absolute atomic E-state index is 13.0. The third-order valence-electron chi connectivity index (χ3n) is 35.6. The first-order chi connectivity index (χ1) is 67.4. The molecule has 2 bridgehead atoms. The van der Waals surface area contributed by atoms with Crippen LogP contribution in [0.2, 0.25) is 0 Å². The van der Waals surface area contributed by atoms with Crippen molar-refractivity contribution in [3.63, 3.8) is 0 Å². The number of hydrogen-bond acceptors (Lipinski definition) is 14. The molecule has 0 radical (unpaired) electrons. The van der Waals surface area contributed by atoms with Crippen molar-refractivity contribution in [2.24, 2.45) is 112 Å². The molecule has 1 aromatic heterocycles. The van der Waals surface area contributed by atoms with Gasteiger partial charge >= 0.3 is 55.2 Å². The number of ether oxygens (including phenoxy) is 3. The Morgan fingerprint density at radius 3 is 1.39 bits per heavy atom. The molecule has 5 aromatic rings. The molecule has 0 amide bonds. The largest absolute Gasteiger partial charge is 0.493 e. The van der Waals surface area contributed by atoms with E-state index in [1.165, 1.54) is 65.9 Å². The van der Waals surface area contributed by atoms with Crippen molar-refractivity contribution < 1.29 is 156 Å². The topological polar surface area (TPSA) is 234 Å². The fourth-order valence-electron chi connectivity index (χ4n) is 24.8. The molecule has 24 unspecified atom stereocenters. The third-order valence-corrected chi connectivity index (χ3v) is 35.6. The minimum absolute atomic E-state index is 0.00961. The van der Waals surface area contributed by atoms with Crippen molar-refractivity contribution in [2.75, 3.05) is 6.61 Å². The summed E-state index contributed by atoms with van der Waals surface area (Å²) in [7, 11) is 0. The average molecular weight is 2130 g/mol. The lowest BCUT2D eigenvalue weighted by atomic mass is 9.58. The molecule has 9 saturated carbocycles. The summed E-state index contributed by atoms with van der Waals surface area (Å²) in [5, 5.41) is 68.7. The second-order valence-electron chi connectivity index (χ2n) is 46.4. The molecule has 0 spiro atoms. The van der Waals surface area contributed by atoms with Gasteiger partial charge in [-0.25, -0.2) is 0 Å². The SMILES string of the molecule is CC(C)(C1CCCC1)C(C)(O)C(F)(F)F.CC(C1CC2CCC1C2)C(C)(O)C(F)(F)F.CC(C1CCCCC1)C(C)(O)C(F)(F)F.CC1C(=O)Oc2ccccc21.CC1CC(=O)Oc2ccccc21.CC1CC(C(C)(C)O)CC(C(O)(C(F)(F)F)C(F)(F)F)C1.CC1CCC2CC(C(C)(O)C(F)(F)F)CCC12.CC1CCCC2C1CCCC2C(C)(O)C(F)(F)F.CC1COc2ccccc21.Cc1ccc2occc(=O)c2c1. The Kier molecular flexibility index (Phi) is 41.9. The van der Waals surface area contributed by atoms with Crippen molar-refractivity contribution in [1.82, 2.24) is 0 Å². The lowest BCUT2D eigenvalue weighted by Gasteiger charge is -2.49. The smallest absolute Gasteiger partial charge is 0.426 e. The number of aryl methyl sites for hydroxylation is 1. The quantitative estimate of drug-likeness (QED) is 0.0392. The highest BCUT2D eigenvalue weighted by Crippen LogP contribution is 2.60. The number of halogens is 21. The molecule has 3 aliphatic heterocycles. The second kappa shape index (κ2) is 49.2. The second-order valence-corrected chi connectivity index (χ2v) is 46.4. The standard InChI is InChI=1S/C14H23F3O.C13H20F6O2.C13H21F3O.C12H19F3O.2C11H19F3O.C10H8O2.C10H10O2.C9H8O2.C9H10O/c1-9-5-3-7-11-10(9)6-4-8-12(11)13(2,18)14(15,16)17;1-7-4-8(10(2,3)20)6-9(5-7)11(21,12(14,15)16)13(17,18)19;1-8-3-4-9-7-10(5-6-11(8)9)12(2,17)13(14,15)16;1-7(11(2,16)12(13,14)15)10-6-8-3-4-9(10)5-8;1-9(2,8-6-4-5-7-8)10(3,15)11(12,13)14;1-8(9-6-4-3-5-7-9)10(2,15)11(12,13)14;1-7-2-3-10-8(6-7)9(11)4-5-12-10;1-7-6-10(11)12-9-5-3-2-4-8(7)9;1-6-7-4-2-3-5-8(7)11-9(6)10;1-7-6-10-9-5-3-2-4-8(7)9/h9-12,18H,3-8H2,1-2H3;7-9,20-21H,4-6H2,1-3H3;8-11,17H,3-7H2,1-2H3;7-10,16H,3-6H2,1-2H3;8,15H,4-7H2,1-3H3;8-9,15H,3-7H2,1-2H3;2-6H,1H3;2-5,7H,6H2,1H3;2-6H,1H3;2-5,7H,6H2,1H3. The first-order valence-corrected chi connectivity index (χ1v) is 52.2. The molecule has 35 heteroatoms. The summed E-state index contributed by atoms with van der Waals surface area (Å²) in [6.07, 6.45) is -11.1. The number of fused-ring (bicyclic) bond motifs is 8. The average Bonchev–Trinajstić information content (AvgIpc) is 1.38. The highest BCUT2D eigenvalue weighted by molar-refractivity contribution is 5.85. The van der Waals surface area contributed by atoms with Gasteiger partial charge in [0.05, 0.1) is 36.2 Å². The van der Waals surface area contributed by atoms with Crippen LogP contribution in [-0.4, -0.2) is 137 Å². The molecule has 14 nitrogen and oxygen atoms in total. The molecule has 4 heterocycles. The van der Waals surface area contributed by atoms with E-state index in [1.54, 1.807) is 6.92 Å². The summed E-state index contributed by atoms with van der Waals surface area (Å²) in [6, 6.07) is 30.4. The Bertz CT molecular complexity index is 5010. The minimum atomic E-state index is -5.81. The van der Waals surface area contributed by atoms with Crippen LogP contribution in [0.1, 0.15) is 337 Å². The molecule has 836 valence electrons. The van der Waals surface area contributed by atoms with Crippen LogP contribution in [0, 0.1) is 119 Å². The van der Waals surface area contributed by atoms with Crippen molar-refractivity contribution in [2.45, 2.75) is 405 Å². The van der Waals surface area contributed by atoms with E-state index in [0.717, 1.165) is 198 Å². The van der Waals surface area contributed by atoms with E-state index in [9.17, 15) is 142 Å². The van der Waals surface area contributed by atoms with E-state index >= 15 is 0 Å². The number of hydrogen-bond donors (Lipinski definition) is 7. The van der Waals surface area contributed by atoms with Crippen LogP contribution in [0.15, 0.2) is 113 Å². The first kappa shape index (κ1) is 125. The zero-order chi connectivity index (χ0) is 111. The molecule has 7 N–H and O–H groups in total. The third kappa shape index (κ3) is 30.2. The van der Waals surface area contributed by atoms with E-state index < -0.39 is 136 Å². The van der Waals surface area contributed by atoms with E-state index in [0.29, 0.717) is 102 Å². The zero-order valence-electron chi connectivity index (χ0n) is 87.9. The van der Waals surface area contributed by atoms with Crippen molar-refractivity contribution in [1.29, 1.82) is 0 Å². The molecule has 147 heavy (non-hydrogen) atoms. The number of alkyl halides is 21. The molecule has 24 atom stereocenters. The monoisotopic (exact) mass is 2130 g/mol. The van der Waals surface area contributed by atoms with Gasteiger partial charge in [-0.2, -0.15) is 92.2 Å². The molecule has 12 aliphatic rings. The lowest BCUT2D eigenvalue weighted by Crippen LogP contribution is -2.63. The Labute approximate surface area is 851 Å². The summed E-state index contributed by atoms with van der Waals surface area (Å²) in [5.41, 5.74) is -14.7. The minimum Gasteiger partial charge on any atom is -0.493 e. The highest BCUT2D eigenvalue weighted by atomic mass is 19.4. The summed E-state index contributed by atoms with van der Waals surface area (Å²) in [6.45, 7) is 28.2. The van der Waals surface area contributed by atoms with E-state index in [-0.39, 0.29) is 53.4 Å². The Hall–Kier alpha value is -6.92. The molecule has 4 aromatic carbocycles. The van der Waals surface area contributed by atoms with Gasteiger partial charge in [-0.05, 0) is 301 Å². The number of aliphatic hydroxyl groups is 7. The summed E-state index contributed by atoms with van der Waals surface area (Å²) >= 11 is 0. The normalized spacial score (nSPS) is 29.2. The molecule has 9 fully saturated rings. The summed E-state index contributed by atoms with van der Waals surface area (Å²) in [4.78, 5) is 33.3. The number of carbonyl (C=O) groups excluding carboxylic acids is 2. The number of carbonyl (C=O) groups is 2. The zero-order valence-corrected chi connectivity index (χ0v) is 87.9.